The molecule has 1 aromatic carbocycles. The fraction of sp³-hybridized carbons (Fsp3) is 0.364. The number of carboxylic acids is 1. The van der Waals surface area contributed by atoms with Gasteiger partial charge in [-0.1, -0.05) is 13.0 Å². The Kier molecular flexibility index (Phi) is 4.96. The number of para-hydroxylation sites is 1. The third-order valence-electron chi connectivity index (χ3n) is 2.43. The van der Waals surface area contributed by atoms with Crippen LogP contribution in [0, 0.1) is 10.1 Å². The highest BCUT2D eigenvalue weighted by Crippen LogP contribution is 2.28. The summed E-state index contributed by atoms with van der Waals surface area (Å²) >= 11 is 1.62. The maximum absolute atomic E-state index is 11.0. The Balaban J connectivity index is 3.07. The molecule has 1 aromatic rings. The maximum Gasteiger partial charge on any atom is 0.342 e. The molecule has 0 aliphatic carbocycles. The molecular formula is C11H14N2O4S. The van der Waals surface area contributed by atoms with Gasteiger partial charge in [-0.3, -0.25) is 10.1 Å². The van der Waals surface area contributed by atoms with Gasteiger partial charge in [0.25, 0.3) is 0 Å². The summed E-state index contributed by atoms with van der Waals surface area (Å²) in [6.07, 6.45) is 1.94. The topological polar surface area (TPSA) is 92.5 Å². The average molecular weight is 270 g/mol. The van der Waals surface area contributed by atoms with Gasteiger partial charge < -0.3 is 10.4 Å². The van der Waals surface area contributed by atoms with Crippen LogP contribution in [0.25, 0.3) is 0 Å². The second-order valence-corrected chi connectivity index (χ2v) is 4.97. The Labute approximate surface area is 109 Å². The molecule has 0 saturated heterocycles. The summed E-state index contributed by atoms with van der Waals surface area (Å²) in [6.45, 7) is 2.51. The average Bonchev–Trinajstić information content (AvgIpc) is 2.34. The number of hydrogen-bond donors (Lipinski definition) is 2. The van der Waals surface area contributed by atoms with Gasteiger partial charge in [0.2, 0.25) is 0 Å². The number of carbonyl (C=O) groups is 1. The van der Waals surface area contributed by atoms with Crippen molar-refractivity contribution in [1.29, 1.82) is 0 Å². The number of benzene rings is 1. The lowest BCUT2D eigenvalue weighted by atomic mass is 10.1. The minimum atomic E-state index is -1.30. The van der Waals surface area contributed by atoms with Crippen LogP contribution in [-0.2, 0) is 0 Å². The number of rotatable bonds is 6. The minimum Gasteiger partial charge on any atom is -0.477 e. The Morgan fingerprint density at radius 1 is 1.61 bits per heavy atom. The number of anilines is 1. The zero-order valence-electron chi connectivity index (χ0n) is 10.0. The number of hydrogen-bond acceptors (Lipinski definition) is 5. The van der Waals surface area contributed by atoms with Crippen LogP contribution in [0.15, 0.2) is 18.2 Å². The fourth-order valence-electron chi connectivity index (χ4n) is 1.39. The van der Waals surface area contributed by atoms with Gasteiger partial charge in [0, 0.05) is 11.8 Å². The van der Waals surface area contributed by atoms with Crippen LogP contribution in [-0.4, -0.2) is 34.0 Å². The molecule has 0 aliphatic rings. The Morgan fingerprint density at radius 2 is 2.28 bits per heavy atom. The van der Waals surface area contributed by atoms with Gasteiger partial charge in [0.15, 0.2) is 0 Å². The summed E-state index contributed by atoms with van der Waals surface area (Å²) in [6, 6.07) is 4.23. The summed E-state index contributed by atoms with van der Waals surface area (Å²) < 4.78 is 0. The maximum atomic E-state index is 11.0. The van der Waals surface area contributed by atoms with Crippen LogP contribution in [0.3, 0.4) is 0 Å². The Bertz CT molecular complexity index is 464. The Hall–Kier alpha value is -1.76. The standard InChI is InChI=1S/C11H14N2O4S/c1-7(18-2)6-12-9-5-3-4-8(11(14)15)10(9)13(16)17/h3-5,7,12H,6H2,1-2H3,(H,14,15). The zero-order chi connectivity index (χ0) is 13.7. The number of aromatic carboxylic acids is 1. The van der Waals surface area contributed by atoms with Crippen molar-refractivity contribution in [2.45, 2.75) is 12.2 Å². The predicted molar refractivity (Wildman–Crippen MR) is 71.5 cm³/mol. The normalized spacial score (nSPS) is 11.9. The van der Waals surface area contributed by atoms with Crippen molar-refractivity contribution in [3.63, 3.8) is 0 Å². The van der Waals surface area contributed by atoms with Crippen LogP contribution in [0.1, 0.15) is 17.3 Å². The van der Waals surface area contributed by atoms with Crippen LogP contribution in [0.5, 0.6) is 0 Å². The smallest absolute Gasteiger partial charge is 0.342 e. The highest BCUT2D eigenvalue weighted by atomic mass is 32.2. The molecule has 18 heavy (non-hydrogen) atoms. The lowest BCUT2D eigenvalue weighted by molar-refractivity contribution is -0.384. The number of nitrogens with one attached hydrogen (secondary N) is 1. The van der Waals surface area contributed by atoms with Gasteiger partial charge in [-0.05, 0) is 18.4 Å². The third kappa shape index (κ3) is 3.36. The minimum absolute atomic E-state index is 0.237. The van der Waals surface area contributed by atoms with E-state index in [9.17, 15) is 14.9 Å². The molecule has 0 aliphatic heterocycles. The molecule has 6 nitrogen and oxygen atoms in total. The van der Waals surface area contributed by atoms with Crippen LogP contribution in [0.4, 0.5) is 11.4 Å². The first-order valence-electron chi connectivity index (χ1n) is 5.24. The summed E-state index contributed by atoms with van der Waals surface area (Å²) in [5.41, 5.74) is -0.457. The lowest BCUT2D eigenvalue weighted by Crippen LogP contribution is -2.14. The molecule has 1 unspecified atom stereocenters. The van der Waals surface area contributed by atoms with Gasteiger partial charge >= 0.3 is 11.7 Å². The number of carboxylic acid groups (broad SMARTS) is 1. The molecule has 1 atom stereocenters. The first-order chi connectivity index (χ1) is 8.47. The van der Waals surface area contributed by atoms with E-state index in [-0.39, 0.29) is 16.5 Å². The molecule has 0 spiro atoms. The number of nitrogens with zero attached hydrogens (tertiary/aromatic N) is 1. The molecule has 7 heteroatoms. The number of nitro groups is 1. The molecule has 2 N–H and O–H groups in total. The van der Waals surface area contributed by atoms with Gasteiger partial charge in [0.1, 0.15) is 11.3 Å². The molecule has 98 valence electrons. The molecule has 0 heterocycles. The first-order valence-corrected chi connectivity index (χ1v) is 6.53. The summed E-state index contributed by atoms with van der Waals surface area (Å²) in [7, 11) is 0. The van der Waals surface area contributed by atoms with Crippen molar-refractivity contribution in [2.75, 3.05) is 18.1 Å². The van der Waals surface area contributed by atoms with Crippen molar-refractivity contribution in [3.05, 3.63) is 33.9 Å². The molecule has 0 radical (unpaired) electrons. The van der Waals surface area contributed by atoms with Crippen molar-refractivity contribution in [1.82, 2.24) is 0 Å². The van der Waals surface area contributed by atoms with Crippen molar-refractivity contribution >= 4 is 29.1 Å². The van der Waals surface area contributed by atoms with E-state index in [1.807, 2.05) is 13.2 Å². The second kappa shape index (κ2) is 6.25. The summed E-state index contributed by atoms with van der Waals surface area (Å²) in [5, 5.41) is 23.1. The summed E-state index contributed by atoms with van der Waals surface area (Å²) in [5.74, 6) is -1.30. The third-order valence-corrected chi connectivity index (χ3v) is 3.40. The van der Waals surface area contributed by atoms with Crippen LogP contribution >= 0.6 is 11.8 Å². The number of thioether (sulfide) groups is 1. The van der Waals surface area contributed by atoms with Gasteiger partial charge in [-0.15, -0.1) is 0 Å². The largest absolute Gasteiger partial charge is 0.477 e. The highest BCUT2D eigenvalue weighted by Gasteiger charge is 2.24. The van der Waals surface area contributed by atoms with Crippen molar-refractivity contribution in [3.8, 4) is 0 Å². The first kappa shape index (κ1) is 14.3. The Morgan fingerprint density at radius 3 is 2.78 bits per heavy atom. The van der Waals surface area contributed by atoms with E-state index < -0.39 is 16.6 Å². The predicted octanol–water partition coefficient (Wildman–Crippen LogP) is 2.46. The van der Waals surface area contributed by atoms with Gasteiger partial charge in [-0.25, -0.2) is 4.79 Å². The fourth-order valence-corrected chi connectivity index (χ4v) is 1.64. The SMILES string of the molecule is CSC(C)CNc1cccc(C(=O)O)c1[N+](=O)[O-]. The van der Waals surface area contributed by atoms with Crippen LogP contribution < -0.4 is 5.32 Å². The van der Waals surface area contributed by atoms with Crippen LogP contribution in [0.2, 0.25) is 0 Å². The van der Waals surface area contributed by atoms with Gasteiger partial charge in [-0.2, -0.15) is 11.8 Å². The molecule has 0 saturated carbocycles. The van der Waals surface area contributed by atoms with E-state index in [0.29, 0.717) is 6.54 Å². The van der Waals surface area contributed by atoms with E-state index in [1.165, 1.54) is 18.2 Å². The number of nitro benzene ring substituents is 1. The zero-order valence-corrected chi connectivity index (χ0v) is 10.9. The van der Waals surface area contributed by atoms with E-state index in [0.717, 1.165) is 0 Å². The van der Waals surface area contributed by atoms with E-state index in [4.69, 9.17) is 5.11 Å². The van der Waals surface area contributed by atoms with E-state index >= 15 is 0 Å². The van der Waals surface area contributed by atoms with Gasteiger partial charge in [0.05, 0.1) is 4.92 Å². The quantitative estimate of drug-likeness (QED) is 0.609. The highest BCUT2D eigenvalue weighted by molar-refractivity contribution is 7.99. The molecule has 1 rings (SSSR count). The van der Waals surface area contributed by atoms with E-state index in [1.54, 1.807) is 11.8 Å². The molecule has 0 bridgehead atoms. The monoisotopic (exact) mass is 270 g/mol. The summed E-state index contributed by atoms with van der Waals surface area (Å²) in [4.78, 5) is 21.2. The van der Waals surface area contributed by atoms with Crippen molar-refractivity contribution in [2.24, 2.45) is 0 Å². The van der Waals surface area contributed by atoms with Crippen molar-refractivity contribution < 1.29 is 14.8 Å². The molecule has 0 fully saturated rings. The second-order valence-electron chi connectivity index (χ2n) is 3.69. The van der Waals surface area contributed by atoms with E-state index in [2.05, 4.69) is 5.32 Å². The lowest BCUT2D eigenvalue weighted by Gasteiger charge is -2.12. The molecule has 0 aromatic heterocycles. The molecular weight excluding hydrogens is 256 g/mol. The molecule has 0 amide bonds.